The molecule has 0 aliphatic heterocycles. The van der Waals surface area contributed by atoms with Gasteiger partial charge in [-0.2, -0.15) is 8.78 Å². The fraction of sp³-hybridized carbons (Fsp3) is 0.556. The summed E-state index contributed by atoms with van der Waals surface area (Å²) in [6.45, 7) is 0.622. The minimum absolute atomic E-state index is 0.0172. The van der Waals surface area contributed by atoms with Gasteiger partial charge in [0.25, 0.3) is 5.91 Å². The molecule has 1 amide bonds. The van der Waals surface area contributed by atoms with Crippen LogP contribution in [0.15, 0.2) is 24.3 Å². The van der Waals surface area contributed by atoms with E-state index in [0.717, 1.165) is 37.1 Å². The number of alkyl halides is 2. The minimum atomic E-state index is -3.74. The van der Waals surface area contributed by atoms with E-state index in [2.05, 4.69) is 5.32 Å². The number of nitrogens with zero attached hydrogens (tertiary/aromatic N) is 1. The van der Waals surface area contributed by atoms with Crippen LogP contribution in [0.3, 0.4) is 0 Å². The van der Waals surface area contributed by atoms with Crippen molar-refractivity contribution in [3.8, 4) is 0 Å². The Balaban J connectivity index is 1.52. The first kappa shape index (κ1) is 18.7. The van der Waals surface area contributed by atoms with Crippen molar-refractivity contribution in [2.24, 2.45) is 5.92 Å². The molecule has 2 saturated carbocycles. The maximum absolute atomic E-state index is 14.2. The smallest absolute Gasteiger partial charge is 0.349 e. The molecule has 2 aliphatic carbocycles. The molecule has 5 nitrogen and oxygen atoms in total. The zero-order chi connectivity index (χ0) is 18.9. The van der Waals surface area contributed by atoms with Gasteiger partial charge in [0.1, 0.15) is 5.82 Å². The van der Waals surface area contributed by atoms with E-state index in [-0.39, 0.29) is 12.6 Å². The molecule has 142 valence electrons. The van der Waals surface area contributed by atoms with E-state index in [9.17, 15) is 22.8 Å². The molecule has 0 atom stereocenters. The quantitative estimate of drug-likeness (QED) is 0.737. The van der Waals surface area contributed by atoms with E-state index >= 15 is 0 Å². The summed E-state index contributed by atoms with van der Waals surface area (Å²) in [5.74, 6) is -6.21. The molecule has 0 radical (unpaired) electrons. The average Bonchev–Trinajstić information content (AvgIpc) is 3.33. The second-order valence-electron chi connectivity index (χ2n) is 7.14. The van der Waals surface area contributed by atoms with Crippen LogP contribution in [-0.2, 0) is 15.5 Å². The van der Waals surface area contributed by atoms with Gasteiger partial charge in [-0.1, -0.05) is 0 Å². The molecule has 0 heterocycles. The number of carboxylic acid groups (broad SMARTS) is 1. The van der Waals surface area contributed by atoms with Crippen molar-refractivity contribution in [2.45, 2.75) is 43.7 Å². The first-order valence-electron chi connectivity index (χ1n) is 8.66. The van der Waals surface area contributed by atoms with Gasteiger partial charge in [0.05, 0.1) is 6.54 Å². The Bertz CT molecular complexity index is 671. The first-order chi connectivity index (χ1) is 12.3. The van der Waals surface area contributed by atoms with E-state index in [1.807, 2.05) is 4.90 Å². The number of nitrogens with one attached hydrogen (secondary N) is 1. The molecule has 0 spiro atoms. The zero-order valence-corrected chi connectivity index (χ0v) is 14.1. The van der Waals surface area contributed by atoms with Crippen molar-refractivity contribution >= 4 is 11.9 Å². The van der Waals surface area contributed by atoms with Crippen LogP contribution in [0.2, 0.25) is 0 Å². The number of carbonyl (C=O) groups excluding carboxylic acids is 1. The summed E-state index contributed by atoms with van der Waals surface area (Å²) in [6, 6.07) is 3.13. The Morgan fingerprint density at radius 1 is 1.19 bits per heavy atom. The summed E-state index contributed by atoms with van der Waals surface area (Å²) in [6.07, 6.45) is 3.08. The molecule has 2 fully saturated rings. The number of rotatable bonds is 8. The van der Waals surface area contributed by atoms with Gasteiger partial charge in [-0.05, 0) is 55.9 Å². The molecule has 0 unspecified atom stereocenters. The maximum Gasteiger partial charge on any atom is 0.349 e. The molecule has 26 heavy (non-hydrogen) atoms. The molecule has 3 rings (SSSR count). The summed E-state index contributed by atoms with van der Waals surface area (Å²) in [7, 11) is 0. The van der Waals surface area contributed by atoms with Crippen LogP contribution in [0.5, 0.6) is 0 Å². The Morgan fingerprint density at radius 2 is 1.81 bits per heavy atom. The van der Waals surface area contributed by atoms with Crippen LogP contribution in [0, 0.1) is 11.7 Å². The van der Waals surface area contributed by atoms with Crippen molar-refractivity contribution in [3.63, 3.8) is 0 Å². The number of halogens is 3. The van der Waals surface area contributed by atoms with Crippen molar-refractivity contribution in [3.05, 3.63) is 35.6 Å². The van der Waals surface area contributed by atoms with Gasteiger partial charge in [0, 0.05) is 24.2 Å². The highest BCUT2D eigenvalue weighted by atomic mass is 19.3. The highest BCUT2D eigenvalue weighted by molar-refractivity contribution is 5.85. The highest BCUT2D eigenvalue weighted by Gasteiger charge is 2.44. The number of aliphatic carboxylic acids is 1. The Labute approximate surface area is 149 Å². The van der Waals surface area contributed by atoms with Gasteiger partial charge in [-0.3, -0.25) is 14.5 Å². The fourth-order valence-corrected chi connectivity index (χ4v) is 3.22. The van der Waals surface area contributed by atoms with Crippen molar-refractivity contribution in [2.75, 3.05) is 13.1 Å². The second-order valence-corrected chi connectivity index (χ2v) is 7.14. The average molecular weight is 370 g/mol. The predicted octanol–water partition coefficient (Wildman–Crippen LogP) is 2.36. The number of amides is 1. The summed E-state index contributed by atoms with van der Waals surface area (Å²) in [5.41, 5.74) is -0.562. The normalized spacial score (nSPS) is 22.8. The lowest BCUT2D eigenvalue weighted by Gasteiger charge is -2.43. The number of carbonyl (C=O) groups is 2. The minimum Gasteiger partial charge on any atom is -0.480 e. The third-order valence-corrected chi connectivity index (χ3v) is 4.98. The largest absolute Gasteiger partial charge is 0.480 e. The van der Waals surface area contributed by atoms with E-state index < -0.39 is 35.2 Å². The lowest BCUT2D eigenvalue weighted by molar-refractivity contribution is -0.149. The summed E-state index contributed by atoms with van der Waals surface area (Å²) in [5, 5.41) is 11.3. The third kappa shape index (κ3) is 4.35. The van der Waals surface area contributed by atoms with Crippen LogP contribution in [0.1, 0.15) is 31.2 Å². The van der Waals surface area contributed by atoms with Crippen LogP contribution < -0.4 is 5.32 Å². The van der Waals surface area contributed by atoms with Gasteiger partial charge in [-0.15, -0.1) is 0 Å². The molecule has 0 aromatic heterocycles. The van der Waals surface area contributed by atoms with Gasteiger partial charge >= 0.3 is 11.9 Å². The van der Waals surface area contributed by atoms with Gasteiger partial charge in [0.15, 0.2) is 0 Å². The molecule has 0 saturated heterocycles. The molecule has 1 aromatic carbocycles. The molecule has 1 aromatic rings. The Kier molecular flexibility index (Phi) is 5.22. The predicted molar refractivity (Wildman–Crippen MR) is 87.2 cm³/mol. The number of benzene rings is 1. The van der Waals surface area contributed by atoms with Crippen molar-refractivity contribution in [1.29, 1.82) is 0 Å². The molecular formula is C18H21F3N2O3. The standard InChI is InChI=1S/C18H21F3N2O3/c19-13-5-3-12(4-6-13)18(20,21)17(26)22-14-7-15(8-14)23(10-16(24)25)9-11-1-2-11/h3-6,11,14-15H,1-2,7-10H2,(H,22,26)(H,24,25). The van der Waals surface area contributed by atoms with E-state index in [1.54, 1.807) is 0 Å². The molecule has 0 bridgehead atoms. The lowest BCUT2D eigenvalue weighted by atomic mass is 9.85. The van der Waals surface area contributed by atoms with Crippen LogP contribution in [0.4, 0.5) is 13.2 Å². The third-order valence-electron chi connectivity index (χ3n) is 4.98. The number of carboxylic acids is 1. The summed E-state index contributed by atoms with van der Waals surface area (Å²) < 4.78 is 41.2. The number of hydrogen-bond acceptors (Lipinski definition) is 3. The first-order valence-corrected chi connectivity index (χ1v) is 8.66. The molecular weight excluding hydrogens is 349 g/mol. The maximum atomic E-state index is 14.2. The van der Waals surface area contributed by atoms with Crippen LogP contribution in [0.25, 0.3) is 0 Å². The summed E-state index contributed by atoms with van der Waals surface area (Å²) in [4.78, 5) is 24.8. The van der Waals surface area contributed by atoms with Crippen molar-refractivity contribution < 1.29 is 27.9 Å². The summed E-state index contributed by atoms with van der Waals surface area (Å²) >= 11 is 0. The topological polar surface area (TPSA) is 69.6 Å². The Hall–Kier alpha value is -2.09. The van der Waals surface area contributed by atoms with Gasteiger partial charge in [0.2, 0.25) is 0 Å². The van der Waals surface area contributed by atoms with E-state index in [1.165, 1.54) is 0 Å². The Morgan fingerprint density at radius 3 is 2.35 bits per heavy atom. The molecule has 8 heteroatoms. The van der Waals surface area contributed by atoms with Crippen LogP contribution >= 0.6 is 0 Å². The van der Waals surface area contributed by atoms with Gasteiger partial charge in [-0.25, -0.2) is 4.39 Å². The highest BCUT2D eigenvalue weighted by Crippen LogP contribution is 2.35. The van der Waals surface area contributed by atoms with E-state index in [0.29, 0.717) is 25.3 Å². The van der Waals surface area contributed by atoms with Crippen LogP contribution in [-0.4, -0.2) is 47.1 Å². The molecule has 2 N–H and O–H groups in total. The lowest BCUT2D eigenvalue weighted by Crippen LogP contribution is -2.57. The molecule has 2 aliphatic rings. The SMILES string of the molecule is O=C(O)CN(CC1CC1)C1CC(NC(=O)C(F)(F)c2ccc(F)cc2)C1. The zero-order valence-electron chi connectivity index (χ0n) is 14.1. The fourth-order valence-electron chi connectivity index (χ4n) is 3.22. The number of hydrogen-bond donors (Lipinski definition) is 2. The van der Waals surface area contributed by atoms with Gasteiger partial charge < -0.3 is 10.4 Å². The van der Waals surface area contributed by atoms with E-state index in [4.69, 9.17) is 5.11 Å². The second kappa shape index (κ2) is 7.26. The monoisotopic (exact) mass is 370 g/mol. The van der Waals surface area contributed by atoms with Crippen molar-refractivity contribution in [1.82, 2.24) is 10.2 Å².